The van der Waals surface area contributed by atoms with Gasteiger partial charge in [-0.1, -0.05) is 51.2 Å². The van der Waals surface area contributed by atoms with Gasteiger partial charge in [0, 0.05) is 5.88 Å². The molecule has 1 aliphatic heterocycles. The van der Waals surface area contributed by atoms with Crippen molar-refractivity contribution in [2.75, 3.05) is 5.88 Å². The van der Waals surface area contributed by atoms with Gasteiger partial charge in [-0.2, -0.15) is 0 Å². The van der Waals surface area contributed by atoms with Gasteiger partial charge in [0.2, 0.25) is 0 Å². The second-order valence-corrected chi connectivity index (χ2v) is 4.63. The van der Waals surface area contributed by atoms with Crippen molar-refractivity contribution in [2.24, 2.45) is 0 Å². The van der Waals surface area contributed by atoms with Crippen molar-refractivity contribution in [1.82, 2.24) is 0 Å². The van der Waals surface area contributed by atoms with E-state index in [0.29, 0.717) is 12.0 Å². The third-order valence-corrected chi connectivity index (χ3v) is 3.23. The van der Waals surface area contributed by atoms with Gasteiger partial charge in [0.05, 0.1) is 12.2 Å². The van der Waals surface area contributed by atoms with E-state index in [2.05, 4.69) is 19.1 Å². The fourth-order valence-electron chi connectivity index (χ4n) is 1.94. The lowest BCUT2D eigenvalue weighted by atomic mass is 10.1. The van der Waals surface area contributed by atoms with E-state index in [1.54, 1.807) is 0 Å². The van der Waals surface area contributed by atoms with Crippen LogP contribution in [0.4, 0.5) is 0 Å². The molecule has 2 atom stereocenters. The molecule has 1 rings (SSSR count). The zero-order valence-electron chi connectivity index (χ0n) is 9.75. The van der Waals surface area contributed by atoms with Gasteiger partial charge in [0.1, 0.15) is 0 Å². The predicted octanol–water partition coefficient (Wildman–Crippen LogP) is 4.30. The topological polar surface area (TPSA) is 9.23 Å². The minimum atomic E-state index is 0.248. The Labute approximate surface area is 98.8 Å². The van der Waals surface area contributed by atoms with Gasteiger partial charge in [-0.3, -0.25) is 0 Å². The van der Waals surface area contributed by atoms with Crippen LogP contribution in [-0.2, 0) is 4.74 Å². The Hall–Kier alpha value is -0.0100. The first-order valence-corrected chi connectivity index (χ1v) is 6.78. The minimum absolute atomic E-state index is 0.248. The van der Waals surface area contributed by atoms with E-state index in [9.17, 15) is 0 Å². The van der Waals surface area contributed by atoms with Gasteiger partial charge in [-0.25, -0.2) is 0 Å². The highest BCUT2D eigenvalue weighted by molar-refractivity contribution is 6.18. The predicted molar refractivity (Wildman–Crippen MR) is 66.5 cm³/mol. The van der Waals surface area contributed by atoms with Crippen molar-refractivity contribution in [3.8, 4) is 0 Å². The molecule has 0 spiro atoms. The molecule has 1 aliphatic rings. The average molecular weight is 231 g/mol. The Morgan fingerprint density at radius 1 is 1.27 bits per heavy atom. The SMILES string of the molecule is CCCCCCC[C@H]1C=CC[C@@H](CCl)O1. The number of hydrogen-bond donors (Lipinski definition) is 0. The van der Waals surface area contributed by atoms with E-state index < -0.39 is 0 Å². The summed E-state index contributed by atoms with van der Waals surface area (Å²) in [6.45, 7) is 2.25. The van der Waals surface area contributed by atoms with Crippen LogP contribution in [0.3, 0.4) is 0 Å². The number of unbranched alkanes of at least 4 members (excludes halogenated alkanes) is 4. The molecule has 0 saturated carbocycles. The van der Waals surface area contributed by atoms with E-state index in [0.717, 1.165) is 12.8 Å². The highest BCUT2D eigenvalue weighted by Gasteiger charge is 2.16. The molecule has 0 N–H and O–H groups in total. The van der Waals surface area contributed by atoms with Crippen molar-refractivity contribution in [1.29, 1.82) is 0 Å². The molecule has 88 valence electrons. The summed E-state index contributed by atoms with van der Waals surface area (Å²) in [4.78, 5) is 0. The van der Waals surface area contributed by atoms with Crippen molar-refractivity contribution < 1.29 is 4.74 Å². The van der Waals surface area contributed by atoms with Crippen LogP contribution in [0.1, 0.15) is 51.9 Å². The average Bonchev–Trinajstić information content (AvgIpc) is 2.29. The van der Waals surface area contributed by atoms with E-state index in [4.69, 9.17) is 16.3 Å². The fourth-order valence-corrected chi connectivity index (χ4v) is 2.14. The van der Waals surface area contributed by atoms with Crippen LogP contribution in [0.5, 0.6) is 0 Å². The van der Waals surface area contributed by atoms with E-state index in [1.807, 2.05) is 0 Å². The van der Waals surface area contributed by atoms with Crippen molar-refractivity contribution in [3.63, 3.8) is 0 Å². The van der Waals surface area contributed by atoms with Gasteiger partial charge in [0.15, 0.2) is 0 Å². The summed E-state index contributed by atoms with van der Waals surface area (Å²) in [5.74, 6) is 0.622. The van der Waals surface area contributed by atoms with Gasteiger partial charge in [0.25, 0.3) is 0 Å². The molecule has 1 heterocycles. The highest BCUT2D eigenvalue weighted by atomic mass is 35.5. The summed E-state index contributed by atoms with van der Waals surface area (Å²) < 4.78 is 5.82. The van der Waals surface area contributed by atoms with Gasteiger partial charge in [-0.05, 0) is 12.8 Å². The molecule has 0 fully saturated rings. The van der Waals surface area contributed by atoms with Crippen LogP contribution >= 0.6 is 11.6 Å². The Morgan fingerprint density at radius 3 is 2.80 bits per heavy atom. The standard InChI is InChI=1S/C13H23ClO/c1-2-3-4-5-6-8-12-9-7-10-13(11-14)15-12/h7,9,12-13H,2-6,8,10-11H2,1H3/t12-,13-/m0/s1. The number of halogens is 1. The molecule has 15 heavy (non-hydrogen) atoms. The summed E-state index contributed by atoms with van der Waals surface area (Å²) in [5.41, 5.74) is 0. The Morgan fingerprint density at radius 2 is 2.07 bits per heavy atom. The molecule has 0 aromatic heterocycles. The minimum Gasteiger partial charge on any atom is -0.369 e. The Kier molecular flexibility index (Phi) is 7.12. The number of hydrogen-bond acceptors (Lipinski definition) is 1. The van der Waals surface area contributed by atoms with Crippen LogP contribution in [0.15, 0.2) is 12.2 Å². The third-order valence-electron chi connectivity index (χ3n) is 2.88. The maximum absolute atomic E-state index is 5.82. The van der Waals surface area contributed by atoms with E-state index in [1.165, 1.54) is 32.1 Å². The molecule has 0 aliphatic carbocycles. The van der Waals surface area contributed by atoms with Crippen LogP contribution in [0.25, 0.3) is 0 Å². The quantitative estimate of drug-likeness (QED) is 0.360. The normalized spacial score (nSPS) is 25.7. The maximum atomic E-state index is 5.82. The molecule has 2 heteroatoms. The molecular weight excluding hydrogens is 208 g/mol. The summed E-state index contributed by atoms with van der Waals surface area (Å²) >= 11 is 5.79. The largest absolute Gasteiger partial charge is 0.369 e. The van der Waals surface area contributed by atoms with Gasteiger partial charge < -0.3 is 4.74 Å². The lowest BCUT2D eigenvalue weighted by Gasteiger charge is -2.24. The van der Waals surface area contributed by atoms with Crippen molar-refractivity contribution >= 4 is 11.6 Å². The first kappa shape index (κ1) is 13.1. The molecule has 1 nitrogen and oxygen atoms in total. The molecule has 0 bridgehead atoms. The van der Waals surface area contributed by atoms with Crippen molar-refractivity contribution in [2.45, 2.75) is 64.1 Å². The molecule has 0 radical (unpaired) electrons. The Balaban J connectivity index is 2.05. The molecule has 0 amide bonds. The summed E-state index contributed by atoms with van der Waals surface area (Å²) in [5, 5.41) is 0. The highest BCUT2D eigenvalue weighted by Crippen LogP contribution is 2.18. The smallest absolute Gasteiger partial charge is 0.0760 e. The number of ether oxygens (including phenoxy) is 1. The first-order chi connectivity index (χ1) is 7.36. The fraction of sp³-hybridized carbons (Fsp3) is 0.846. The molecule has 0 unspecified atom stereocenters. The van der Waals surface area contributed by atoms with Gasteiger partial charge in [-0.15, -0.1) is 11.6 Å². The monoisotopic (exact) mass is 230 g/mol. The van der Waals surface area contributed by atoms with Gasteiger partial charge >= 0.3 is 0 Å². The maximum Gasteiger partial charge on any atom is 0.0760 e. The lowest BCUT2D eigenvalue weighted by molar-refractivity contribution is 0.0142. The zero-order chi connectivity index (χ0) is 10.9. The van der Waals surface area contributed by atoms with Crippen LogP contribution in [-0.4, -0.2) is 18.1 Å². The second-order valence-electron chi connectivity index (χ2n) is 4.32. The number of rotatable bonds is 7. The number of alkyl halides is 1. The van der Waals surface area contributed by atoms with E-state index >= 15 is 0 Å². The van der Waals surface area contributed by atoms with Crippen LogP contribution < -0.4 is 0 Å². The zero-order valence-corrected chi connectivity index (χ0v) is 10.5. The second kappa shape index (κ2) is 8.18. The molecule has 0 saturated heterocycles. The summed E-state index contributed by atoms with van der Waals surface area (Å²) in [6, 6.07) is 0. The van der Waals surface area contributed by atoms with Crippen LogP contribution in [0.2, 0.25) is 0 Å². The first-order valence-electron chi connectivity index (χ1n) is 6.25. The van der Waals surface area contributed by atoms with Crippen molar-refractivity contribution in [3.05, 3.63) is 12.2 Å². The summed E-state index contributed by atoms with van der Waals surface area (Å²) in [7, 11) is 0. The molecule has 0 aromatic rings. The molecule has 0 aromatic carbocycles. The Bertz CT molecular complexity index is 179. The third kappa shape index (κ3) is 5.58. The molecular formula is C13H23ClO. The lowest BCUT2D eigenvalue weighted by Crippen LogP contribution is -2.25. The summed E-state index contributed by atoms with van der Waals surface area (Å²) in [6.07, 6.45) is 13.8. The van der Waals surface area contributed by atoms with Crippen LogP contribution in [0, 0.1) is 0 Å². The van der Waals surface area contributed by atoms with E-state index in [-0.39, 0.29) is 6.10 Å².